The Labute approximate surface area is 149 Å². The van der Waals surface area contributed by atoms with Crippen LogP contribution >= 0.6 is 11.3 Å². The first kappa shape index (κ1) is 16.5. The van der Waals surface area contributed by atoms with Crippen LogP contribution in [0.1, 0.15) is 11.1 Å². The summed E-state index contributed by atoms with van der Waals surface area (Å²) >= 11 is 1.33. The highest BCUT2D eigenvalue weighted by molar-refractivity contribution is 7.19. The van der Waals surface area contributed by atoms with E-state index in [9.17, 15) is 13.2 Å². The van der Waals surface area contributed by atoms with Crippen LogP contribution in [0.4, 0.5) is 19.0 Å². The first-order chi connectivity index (χ1) is 12.3. The first-order valence-electron chi connectivity index (χ1n) is 7.43. The number of aromatic nitrogens is 5. The van der Waals surface area contributed by atoms with E-state index < -0.39 is 17.6 Å². The summed E-state index contributed by atoms with van der Waals surface area (Å²) in [6.45, 7) is 1.95. The lowest BCUT2D eigenvalue weighted by molar-refractivity contribution is -0.137. The van der Waals surface area contributed by atoms with E-state index in [0.29, 0.717) is 10.7 Å². The number of anilines is 1. The lowest BCUT2D eigenvalue weighted by Crippen LogP contribution is -2.10. The number of nitrogens with two attached hydrogens (primary N) is 1. The molecule has 4 aromatic heterocycles. The minimum atomic E-state index is -4.58. The quantitative estimate of drug-likeness (QED) is 0.575. The highest BCUT2D eigenvalue weighted by Gasteiger charge is 2.34. The van der Waals surface area contributed by atoms with Gasteiger partial charge in [-0.3, -0.25) is 4.98 Å². The minimum Gasteiger partial charge on any atom is -0.383 e. The normalized spacial score (nSPS) is 12.0. The molecule has 132 valence electrons. The summed E-state index contributed by atoms with van der Waals surface area (Å²) in [7, 11) is 0. The summed E-state index contributed by atoms with van der Waals surface area (Å²) in [5, 5.41) is 5.18. The molecular formula is C16H11F3N6S. The van der Waals surface area contributed by atoms with Gasteiger partial charge >= 0.3 is 6.18 Å². The minimum absolute atomic E-state index is 0.225. The number of fused-ring (bicyclic) bond motifs is 1. The Hall–Kier alpha value is -3.01. The second kappa shape index (κ2) is 5.77. The largest absolute Gasteiger partial charge is 0.419 e. The summed E-state index contributed by atoms with van der Waals surface area (Å²) in [4.78, 5) is 12.7. The predicted molar refractivity (Wildman–Crippen MR) is 91.5 cm³/mol. The number of halogens is 3. The van der Waals surface area contributed by atoms with Gasteiger partial charge in [0.1, 0.15) is 10.8 Å². The molecule has 0 amide bonds. The molecule has 0 saturated heterocycles. The third-order valence-corrected chi connectivity index (χ3v) is 4.79. The van der Waals surface area contributed by atoms with E-state index >= 15 is 0 Å². The zero-order valence-corrected chi connectivity index (χ0v) is 14.1. The molecule has 4 heterocycles. The lowest BCUT2D eigenvalue weighted by Gasteiger charge is -2.09. The molecule has 0 bridgehead atoms. The van der Waals surface area contributed by atoms with E-state index in [1.54, 1.807) is 18.6 Å². The van der Waals surface area contributed by atoms with E-state index in [-0.39, 0.29) is 5.56 Å². The number of hydrogen-bond donors (Lipinski definition) is 1. The van der Waals surface area contributed by atoms with Crippen LogP contribution in [-0.4, -0.2) is 24.6 Å². The van der Waals surface area contributed by atoms with Crippen LogP contribution in [-0.2, 0) is 6.18 Å². The van der Waals surface area contributed by atoms with E-state index in [1.165, 1.54) is 22.0 Å². The van der Waals surface area contributed by atoms with Crippen molar-refractivity contribution in [2.75, 3.05) is 5.73 Å². The van der Waals surface area contributed by atoms with Gasteiger partial charge in [-0.05, 0) is 24.6 Å². The third kappa shape index (κ3) is 2.77. The summed E-state index contributed by atoms with van der Waals surface area (Å²) in [5.74, 6) is -0.560. The summed E-state index contributed by atoms with van der Waals surface area (Å²) in [6.07, 6.45) is 1.67. The number of pyridine rings is 2. The van der Waals surface area contributed by atoms with Crippen LogP contribution < -0.4 is 5.73 Å². The first-order valence-corrected chi connectivity index (χ1v) is 8.25. The van der Waals surface area contributed by atoms with Crippen molar-refractivity contribution in [1.29, 1.82) is 0 Å². The molecule has 0 aliphatic rings. The molecule has 0 radical (unpaired) electrons. The molecule has 0 saturated carbocycles. The molecular weight excluding hydrogens is 365 g/mol. The topological polar surface area (TPSA) is 82.0 Å². The number of nitrogens with zero attached hydrogens (tertiary/aromatic N) is 5. The van der Waals surface area contributed by atoms with Gasteiger partial charge in [0.25, 0.3) is 0 Å². The Kier molecular flexibility index (Phi) is 3.65. The van der Waals surface area contributed by atoms with E-state index in [0.717, 1.165) is 22.2 Å². The molecule has 0 aliphatic heterocycles. The van der Waals surface area contributed by atoms with Gasteiger partial charge in [-0.15, -0.1) is 0 Å². The Bertz CT molecular complexity index is 1080. The van der Waals surface area contributed by atoms with Gasteiger partial charge in [0.05, 0.1) is 17.5 Å². The van der Waals surface area contributed by atoms with E-state index in [2.05, 4.69) is 20.1 Å². The molecule has 4 aromatic rings. The predicted octanol–water partition coefficient (Wildman–Crippen LogP) is 3.82. The Morgan fingerprint density at radius 1 is 1.23 bits per heavy atom. The number of alkyl halides is 3. The summed E-state index contributed by atoms with van der Waals surface area (Å²) < 4.78 is 40.5. The molecule has 6 nitrogen and oxygen atoms in total. The van der Waals surface area contributed by atoms with Crippen molar-refractivity contribution in [3.05, 3.63) is 48.0 Å². The van der Waals surface area contributed by atoms with Gasteiger partial charge < -0.3 is 5.73 Å². The van der Waals surface area contributed by atoms with Gasteiger partial charge in [0.15, 0.2) is 0 Å². The van der Waals surface area contributed by atoms with Gasteiger partial charge in [-0.25, -0.2) is 14.5 Å². The molecule has 10 heteroatoms. The smallest absolute Gasteiger partial charge is 0.383 e. The van der Waals surface area contributed by atoms with Crippen molar-refractivity contribution in [3.8, 4) is 21.8 Å². The second-order valence-corrected chi connectivity index (χ2v) is 6.56. The molecule has 0 atom stereocenters. The standard InChI is InChI=1S/C16H11F3N6S/c1-8-2-3-21-6-10(8)14-24-25-7-12(23-15(25)26-14)9-4-11(16(17,18)19)13(20)22-5-9/h2-7H,1H3,(H2,20,22). The summed E-state index contributed by atoms with van der Waals surface area (Å²) in [5.41, 5.74) is 6.83. The molecule has 0 fully saturated rings. The maximum absolute atomic E-state index is 13.0. The highest BCUT2D eigenvalue weighted by Crippen LogP contribution is 2.35. The fourth-order valence-corrected chi connectivity index (χ4v) is 3.43. The lowest BCUT2D eigenvalue weighted by atomic mass is 10.1. The monoisotopic (exact) mass is 376 g/mol. The van der Waals surface area contributed by atoms with Crippen molar-refractivity contribution < 1.29 is 13.2 Å². The Morgan fingerprint density at radius 2 is 2.04 bits per heavy atom. The molecule has 0 aliphatic carbocycles. The van der Waals surface area contributed by atoms with Crippen LogP contribution in [0.5, 0.6) is 0 Å². The van der Waals surface area contributed by atoms with Gasteiger partial charge in [0.2, 0.25) is 4.96 Å². The molecule has 2 N–H and O–H groups in total. The highest BCUT2D eigenvalue weighted by atomic mass is 32.1. The number of rotatable bonds is 2. The van der Waals surface area contributed by atoms with Crippen molar-refractivity contribution in [2.45, 2.75) is 13.1 Å². The zero-order valence-electron chi connectivity index (χ0n) is 13.3. The van der Waals surface area contributed by atoms with Crippen LogP contribution in [0, 0.1) is 6.92 Å². The van der Waals surface area contributed by atoms with Crippen molar-refractivity contribution in [3.63, 3.8) is 0 Å². The summed E-state index contributed by atoms with van der Waals surface area (Å²) in [6, 6.07) is 2.82. The Morgan fingerprint density at radius 3 is 2.73 bits per heavy atom. The van der Waals surface area contributed by atoms with Crippen molar-refractivity contribution in [2.24, 2.45) is 0 Å². The zero-order chi connectivity index (χ0) is 18.5. The number of aryl methyl sites for hydroxylation is 1. The SMILES string of the molecule is Cc1ccncc1-c1nn2cc(-c3cnc(N)c(C(F)(F)F)c3)nc2s1. The average molecular weight is 376 g/mol. The van der Waals surface area contributed by atoms with E-state index in [1.807, 2.05) is 13.0 Å². The maximum atomic E-state index is 13.0. The number of hydrogen-bond acceptors (Lipinski definition) is 6. The van der Waals surface area contributed by atoms with Crippen molar-refractivity contribution in [1.82, 2.24) is 24.6 Å². The Balaban J connectivity index is 1.76. The van der Waals surface area contributed by atoms with Crippen LogP contribution in [0.2, 0.25) is 0 Å². The van der Waals surface area contributed by atoms with Crippen LogP contribution in [0.15, 0.2) is 36.9 Å². The van der Waals surface area contributed by atoms with E-state index in [4.69, 9.17) is 5.73 Å². The van der Waals surface area contributed by atoms with Gasteiger partial charge in [0, 0.05) is 29.7 Å². The van der Waals surface area contributed by atoms with Gasteiger partial charge in [-0.1, -0.05) is 11.3 Å². The molecule has 0 spiro atoms. The average Bonchev–Trinajstić information content (AvgIpc) is 3.13. The molecule has 26 heavy (non-hydrogen) atoms. The number of imidazole rings is 1. The fourth-order valence-electron chi connectivity index (χ4n) is 2.48. The molecule has 0 aromatic carbocycles. The maximum Gasteiger partial charge on any atom is 0.419 e. The number of nitrogen functional groups attached to an aromatic ring is 1. The third-order valence-electron chi connectivity index (χ3n) is 3.83. The van der Waals surface area contributed by atoms with Crippen LogP contribution in [0.25, 0.3) is 26.8 Å². The van der Waals surface area contributed by atoms with Gasteiger partial charge in [-0.2, -0.15) is 18.3 Å². The van der Waals surface area contributed by atoms with Crippen LogP contribution in [0.3, 0.4) is 0 Å². The van der Waals surface area contributed by atoms with Crippen molar-refractivity contribution >= 4 is 22.1 Å². The molecule has 4 rings (SSSR count). The molecule has 0 unspecified atom stereocenters. The second-order valence-electron chi connectivity index (χ2n) is 5.61. The fraction of sp³-hybridized carbons (Fsp3) is 0.125.